The minimum absolute atomic E-state index is 0.0275. The zero-order valence-electron chi connectivity index (χ0n) is 6.33. The molecule has 0 bridgehead atoms. The van der Waals surface area contributed by atoms with Crippen LogP contribution in [-0.2, 0) is 14.3 Å². The standard InChI is InChI=1S/C7H10O3S/c1-3-7(9)10-4-5-11-6(2)8/h3H,1,4-5H2,2H3. The molecule has 0 aliphatic carbocycles. The second-order valence-electron chi connectivity index (χ2n) is 1.71. The molecule has 0 aliphatic rings. The molecule has 0 aromatic rings. The van der Waals surface area contributed by atoms with Gasteiger partial charge in [0.25, 0.3) is 0 Å². The van der Waals surface area contributed by atoms with Gasteiger partial charge in [-0.2, -0.15) is 0 Å². The third-order valence-electron chi connectivity index (χ3n) is 0.800. The lowest BCUT2D eigenvalue weighted by atomic mass is 10.6. The number of thioether (sulfide) groups is 1. The van der Waals surface area contributed by atoms with Crippen LogP contribution >= 0.6 is 11.8 Å². The quantitative estimate of drug-likeness (QED) is 0.362. The molecule has 0 atom stereocenters. The van der Waals surface area contributed by atoms with Crippen molar-refractivity contribution in [3.63, 3.8) is 0 Å². The average molecular weight is 174 g/mol. The van der Waals surface area contributed by atoms with Crippen molar-refractivity contribution in [3.8, 4) is 0 Å². The Morgan fingerprint density at radius 3 is 2.73 bits per heavy atom. The van der Waals surface area contributed by atoms with Gasteiger partial charge in [0.1, 0.15) is 6.61 Å². The van der Waals surface area contributed by atoms with E-state index in [1.165, 1.54) is 6.92 Å². The number of carbonyl (C=O) groups excluding carboxylic acids is 2. The maximum atomic E-state index is 10.4. The van der Waals surface area contributed by atoms with Gasteiger partial charge in [0.15, 0.2) is 5.12 Å². The summed E-state index contributed by atoms with van der Waals surface area (Å²) in [5.41, 5.74) is 0. The second kappa shape index (κ2) is 5.97. The van der Waals surface area contributed by atoms with Gasteiger partial charge in [-0.1, -0.05) is 18.3 Å². The fraction of sp³-hybridized carbons (Fsp3) is 0.429. The molecule has 0 aromatic carbocycles. The monoisotopic (exact) mass is 174 g/mol. The van der Waals surface area contributed by atoms with Crippen molar-refractivity contribution in [2.75, 3.05) is 12.4 Å². The van der Waals surface area contributed by atoms with E-state index in [9.17, 15) is 9.59 Å². The summed E-state index contributed by atoms with van der Waals surface area (Å²) >= 11 is 1.13. The zero-order valence-corrected chi connectivity index (χ0v) is 7.15. The Balaban J connectivity index is 3.21. The summed E-state index contributed by atoms with van der Waals surface area (Å²) in [7, 11) is 0. The predicted octanol–water partition coefficient (Wildman–Crippen LogP) is 0.995. The van der Waals surface area contributed by atoms with Crippen LogP contribution < -0.4 is 0 Å². The van der Waals surface area contributed by atoms with Gasteiger partial charge in [-0.05, 0) is 0 Å². The van der Waals surface area contributed by atoms with Crippen LogP contribution in [0.15, 0.2) is 12.7 Å². The summed E-state index contributed by atoms with van der Waals surface area (Å²) in [5.74, 6) is 0.0590. The van der Waals surface area contributed by atoms with Crippen LogP contribution in [0.3, 0.4) is 0 Å². The van der Waals surface area contributed by atoms with Crippen molar-refractivity contribution < 1.29 is 14.3 Å². The fourth-order valence-electron chi connectivity index (χ4n) is 0.387. The summed E-state index contributed by atoms with van der Waals surface area (Å²) in [6.07, 6.45) is 1.10. The Morgan fingerprint density at radius 2 is 2.27 bits per heavy atom. The SMILES string of the molecule is C=CC(=O)OCCSC(C)=O. The lowest BCUT2D eigenvalue weighted by Crippen LogP contribution is -2.04. The molecular weight excluding hydrogens is 164 g/mol. The maximum absolute atomic E-state index is 10.4. The first-order chi connectivity index (χ1) is 5.16. The Morgan fingerprint density at radius 1 is 1.64 bits per heavy atom. The van der Waals surface area contributed by atoms with E-state index in [1.807, 2.05) is 0 Å². The molecular formula is C7H10O3S. The molecule has 0 fully saturated rings. The molecule has 0 amide bonds. The Bertz CT molecular complexity index is 165. The topological polar surface area (TPSA) is 43.4 Å². The van der Waals surface area contributed by atoms with Crippen molar-refractivity contribution in [2.24, 2.45) is 0 Å². The summed E-state index contributed by atoms with van der Waals surface area (Å²) in [6, 6.07) is 0. The summed E-state index contributed by atoms with van der Waals surface area (Å²) < 4.78 is 4.61. The van der Waals surface area contributed by atoms with Gasteiger partial charge < -0.3 is 4.74 Å². The van der Waals surface area contributed by atoms with E-state index in [2.05, 4.69) is 11.3 Å². The van der Waals surface area contributed by atoms with Crippen molar-refractivity contribution in [1.29, 1.82) is 0 Å². The third kappa shape index (κ3) is 7.12. The highest BCUT2D eigenvalue weighted by atomic mass is 32.2. The van der Waals surface area contributed by atoms with E-state index in [0.29, 0.717) is 5.75 Å². The molecule has 0 radical (unpaired) electrons. The van der Waals surface area contributed by atoms with Gasteiger partial charge in [0.05, 0.1) is 0 Å². The van der Waals surface area contributed by atoms with Crippen LogP contribution in [0.4, 0.5) is 0 Å². The minimum Gasteiger partial charge on any atom is -0.462 e. The molecule has 0 saturated heterocycles. The molecule has 3 nitrogen and oxygen atoms in total. The van der Waals surface area contributed by atoms with Crippen molar-refractivity contribution >= 4 is 22.8 Å². The van der Waals surface area contributed by atoms with Crippen LogP contribution in [-0.4, -0.2) is 23.4 Å². The highest BCUT2D eigenvalue weighted by Gasteiger charge is 1.96. The van der Waals surface area contributed by atoms with Gasteiger partial charge in [0, 0.05) is 18.8 Å². The summed E-state index contributed by atoms with van der Waals surface area (Å²) in [4.78, 5) is 20.8. The highest BCUT2D eigenvalue weighted by molar-refractivity contribution is 8.13. The van der Waals surface area contributed by atoms with E-state index in [4.69, 9.17) is 0 Å². The van der Waals surface area contributed by atoms with E-state index >= 15 is 0 Å². The van der Waals surface area contributed by atoms with Crippen LogP contribution in [0.2, 0.25) is 0 Å². The normalized spacial score (nSPS) is 8.82. The molecule has 0 unspecified atom stereocenters. The van der Waals surface area contributed by atoms with Crippen molar-refractivity contribution in [2.45, 2.75) is 6.92 Å². The molecule has 0 spiro atoms. The average Bonchev–Trinajstić information content (AvgIpc) is 1.97. The van der Waals surface area contributed by atoms with Gasteiger partial charge in [0.2, 0.25) is 0 Å². The smallest absolute Gasteiger partial charge is 0.330 e. The molecule has 0 aliphatic heterocycles. The van der Waals surface area contributed by atoms with Crippen LogP contribution in [0.25, 0.3) is 0 Å². The largest absolute Gasteiger partial charge is 0.462 e. The van der Waals surface area contributed by atoms with Crippen molar-refractivity contribution in [3.05, 3.63) is 12.7 Å². The highest BCUT2D eigenvalue weighted by Crippen LogP contribution is 1.99. The molecule has 62 valence electrons. The maximum Gasteiger partial charge on any atom is 0.330 e. The number of esters is 1. The molecule has 4 heteroatoms. The van der Waals surface area contributed by atoms with Gasteiger partial charge in [-0.3, -0.25) is 4.79 Å². The molecule has 0 aromatic heterocycles. The first-order valence-electron chi connectivity index (χ1n) is 3.09. The van der Waals surface area contributed by atoms with Crippen molar-refractivity contribution in [1.82, 2.24) is 0 Å². The van der Waals surface area contributed by atoms with E-state index in [1.54, 1.807) is 0 Å². The molecule has 0 saturated carbocycles. The second-order valence-corrected chi connectivity index (χ2v) is 2.98. The molecule has 0 N–H and O–H groups in total. The van der Waals surface area contributed by atoms with E-state index in [0.717, 1.165) is 17.8 Å². The summed E-state index contributed by atoms with van der Waals surface area (Å²) in [5, 5.41) is 0.0275. The first kappa shape index (κ1) is 10.2. The van der Waals surface area contributed by atoms with Crippen LogP contribution in [0.5, 0.6) is 0 Å². The molecule has 0 heterocycles. The van der Waals surface area contributed by atoms with Gasteiger partial charge in [-0.25, -0.2) is 4.79 Å². The van der Waals surface area contributed by atoms with E-state index in [-0.39, 0.29) is 11.7 Å². The van der Waals surface area contributed by atoms with Crippen LogP contribution in [0.1, 0.15) is 6.92 Å². The Labute approximate surface area is 69.8 Å². The first-order valence-corrected chi connectivity index (χ1v) is 4.08. The predicted molar refractivity (Wildman–Crippen MR) is 44.3 cm³/mol. The van der Waals surface area contributed by atoms with Crippen LogP contribution in [0, 0.1) is 0 Å². The molecule has 11 heavy (non-hydrogen) atoms. The summed E-state index contributed by atoms with van der Waals surface area (Å²) in [6.45, 7) is 4.96. The third-order valence-corrected chi connectivity index (χ3v) is 1.58. The number of hydrogen-bond acceptors (Lipinski definition) is 4. The van der Waals surface area contributed by atoms with Gasteiger partial charge >= 0.3 is 5.97 Å². The minimum atomic E-state index is -0.450. The fourth-order valence-corrected chi connectivity index (χ4v) is 0.841. The number of ether oxygens (including phenoxy) is 1. The molecule has 0 rings (SSSR count). The lowest BCUT2D eigenvalue weighted by Gasteiger charge is -1.98. The number of hydrogen-bond donors (Lipinski definition) is 0. The van der Waals surface area contributed by atoms with E-state index < -0.39 is 5.97 Å². The Kier molecular flexibility index (Phi) is 5.56. The zero-order chi connectivity index (χ0) is 8.69. The number of carbonyl (C=O) groups is 2. The Hall–Kier alpha value is -0.770. The lowest BCUT2D eigenvalue weighted by molar-refractivity contribution is -0.137. The van der Waals surface area contributed by atoms with Gasteiger partial charge in [-0.15, -0.1) is 0 Å². The number of rotatable bonds is 4.